The number of nitrogens with zero attached hydrogens (tertiary/aromatic N) is 1. The highest BCUT2D eigenvalue weighted by Gasteiger charge is 2.49. The Morgan fingerprint density at radius 2 is 1.68 bits per heavy atom. The van der Waals surface area contributed by atoms with Crippen molar-refractivity contribution in [2.45, 2.75) is 39.2 Å². The van der Waals surface area contributed by atoms with E-state index >= 15 is 0 Å². The Morgan fingerprint density at radius 3 is 2.38 bits per heavy atom. The van der Waals surface area contributed by atoms with E-state index in [1.807, 2.05) is 36.4 Å². The largest absolute Gasteiger partial charge is 0.467 e. The van der Waals surface area contributed by atoms with Crippen LogP contribution >= 0.6 is 0 Å². The van der Waals surface area contributed by atoms with Crippen molar-refractivity contribution in [3.8, 4) is 0 Å². The fourth-order valence-electron chi connectivity index (χ4n) is 5.71. The molecule has 1 aromatic heterocycles. The third kappa shape index (κ3) is 3.11. The van der Waals surface area contributed by atoms with Gasteiger partial charge in [-0.15, -0.1) is 0 Å². The molecule has 1 unspecified atom stereocenters. The molecule has 0 spiro atoms. The van der Waals surface area contributed by atoms with Crippen LogP contribution in [0.3, 0.4) is 0 Å². The van der Waals surface area contributed by atoms with Crippen molar-refractivity contribution in [1.82, 2.24) is 4.90 Å². The number of ketones is 2. The summed E-state index contributed by atoms with van der Waals surface area (Å²) in [6, 6.07) is 17.5. The van der Waals surface area contributed by atoms with Gasteiger partial charge in [0, 0.05) is 40.3 Å². The summed E-state index contributed by atoms with van der Waals surface area (Å²) in [4.78, 5) is 29.6. The van der Waals surface area contributed by atoms with Gasteiger partial charge in [0.05, 0.1) is 18.5 Å². The Labute approximate surface area is 197 Å². The summed E-state index contributed by atoms with van der Waals surface area (Å²) < 4.78 is 19.5. The maximum atomic E-state index is 13.8. The molecule has 34 heavy (non-hydrogen) atoms. The Morgan fingerprint density at radius 1 is 0.941 bits per heavy atom. The molecule has 3 aromatic rings. The Hall–Kier alpha value is -3.73. The van der Waals surface area contributed by atoms with E-state index in [2.05, 4.69) is 18.7 Å². The number of benzene rings is 2. The van der Waals surface area contributed by atoms with Gasteiger partial charge in [0.1, 0.15) is 11.6 Å². The number of carbonyl (C=O) groups excluding carboxylic acids is 2. The summed E-state index contributed by atoms with van der Waals surface area (Å²) in [6.45, 7) is 4.63. The van der Waals surface area contributed by atoms with Crippen LogP contribution in [0.15, 0.2) is 88.2 Å². The van der Waals surface area contributed by atoms with Gasteiger partial charge >= 0.3 is 0 Å². The van der Waals surface area contributed by atoms with Crippen molar-refractivity contribution in [2.75, 3.05) is 0 Å². The molecular formula is C29H24FNO3. The van der Waals surface area contributed by atoms with Gasteiger partial charge in [-0.25, -0.2) is 4.39 Å². The summed E-state index contributed by atoms with van der Waals surface area (Å²) in [7, 11) is 0. The second-order valence-electron chi connectivity index (χ2n) is 10.1. The molecule has 1 atom stereocenters. The normalized spacial score (nSPS) is 21.0. The third-order valence-electron chi connectivity index (χ3n) is 7.09. The average molecular weight is 454 g/mol. The van der Waals surface area contributed by atoms with Crippen molar-refractivity contribution in [3.05, 3.63) is 112 Å². The van der Waals surface area contributed by atoms with E-state index in [9.17, 15) is 14.0 Å². The Balaban J connectivity index is 1.64. The van der Waals surface area contributed by atoms with Crippen LogP contribution in [-0.4, -0.2) is 16.5 Å². The number of hydrogen-bond donors (Lipinski definition) is 0. The first-order valence-corrected chi connectivity index (χ1v) is 11.5. The van der Waals surface area contributed by atoms with Crippen LogP contribution in [0.25, 0.3) is 5.70 Å². The van der Waals surface area contributed by atoms with Crippen LogP contribution in [0, 0.1) is 11.2 Å². The minimum absolute atomic E-state index is 0.0420. The zero-order valence-electron chi connectivity index (χ0n) is 19.1. The van der Waals surface area contributed by atoms with Crippen LogP contribution in [-0.2, 0) is 11.3 Å². The minimum atomic E-state index is -0.526. The van der Waals surface area contributed by atoms with E-state index < -0.39 is 5.92 Å². The zero-order valence-corrected chi connectivity index (χ0v) is 19.1. The standard InChI is InChI=1S/C29H24FNO3/c1-29(2)14-22-25(23(32)15-29)24(17-9-11-18(30)12-10-17)26-27(31(22)16-19-6-5-13-34-19)20-7-3-4-8-21(20)28(26)33/h3-13,24H,14-16H2,1-2H3. The first-order valence-electron chi connectivity index (χ1n) is 11.5. The monoisotopic (exact) mass is 453 g/mol. The molecule has 3 aliphatic rings. The lowest BCUT2D eigenvalue weighted by atomic mass is 9.68. The molecule has 4 nitrogen and oxygen atoms in total. The molecule has 0 N–H and O–H groups in total. The maximum Gasteiger partial charge on any atom is 0.192 e. The van der Waals surface area contributed by atoms with Crippen molar-refractivity contribution < 1.29 is 18.4 Å². The number of rotatable bonds is 3. The molecule has 2 heterocycles. The Kier molecular flexibility index (Phi) is 4.53. The highest BCUT2D eigenvalue weighted by Crippen LogP contribution is 2.55. The van der Waals surface area contributed by atoms with Crippen LogP contribution in [0.1, 0.15) is 59.9 Å². The predicted molar refractivity (Wildman–Crippen MR) is 126 cm³/mol. The number of halogens is 1. The highest BCUT2D eigenvalue weighted by molar-refractivity contribution is 6.23. The molecule has 170 valence electrons. The number of fused-ring (bicyclic) bond motifs is 2. The van der Waals surface area contributed by atoms with Gasteiger partial charge in [-0.1, -0.05) is 50.2 Å². The fourth-order valence-corrected chi connectivity index (χ4v) is 5.71. The van der Waals surface area contributed by atoms with E-state index in [1.165, 1.54) is 12.1 Å². The molecule has 1 aliphatic heterocycles. The summed E-state index contributed by atoms with van der Waals surface area (Å²) in [5.41, 5.74) is 5.03. The van der Waals surface area contributed by atoms with Crippen molar-refractivity contribution in [2.24, 2.45) is 5.41 Å². The quantitative estimate of drug-likeness (QED) is 0.469. The molecule has 6 rings (SSSR count). The molecular weight excluding hydrogens is 429 g/mol. The van der Waals surface area contributed by atoms with Gasteiger partial charge in [0.25, 0.3) is 0 Å². The summed E-state index contributed by atoms with van der Waals surface area (Å²) >= 11 is 0. The SMILES string of the molecule is CC1(C)CC(=O)C2=C(C1)N(Cc1ccco1)C1=C(C(=O)c3ccccc31)C2c1ccc(F)cc1. The van der Waals surface area contributed by atoms with E-state index in [0.717, 1.165) is 28.3 Å². The number of allylic oxidation sites excluding steroid dienone is 3. The molecule has 0 radical (unpaired) electrons. The zero-order chi connectivity index (χ0) is 23.6. The van der Waals surface area contributed by atoms with Gasteiger partial charge in [-0.2, -0.15) is 0 Å². The molecule has 0 bridgehead atoms. The van der Waals surface area contributed by atoms with Crippen LogP contribution in [0.2, 0.25) is 0 Å². The molecule has 2 aliphatic carbocycles. The summed E-state index contributed by atoms with van der Waals surface area (Å²) in [5, 5.41) is 0. The summed E-state index contributed by atoms with van der Waals surface area (Å²) in [5.74, 6) is -0.151. The van der Waals surface area contributed by atoms with Gasteiger partial charge in [-0.3, -0.25) is 9.59 Å². The lowest BCUT2D eigenvalue weighted by Crippen LogP contribution is -2.39. The predicted octanol–water partition coefficient (Wildman–Crippen LogP) is 6.27. The van der Waals surface area contributed by atoms with E-state index in [1.54, 1.807) is 18.4 Å². The first kappa shape index (κ1) is 20.8. The number of carbonyl (C=O) groups is 2. The molecule has 0 fully saturated rings. The average Bonchev–Trinajstić information content (AvgIpc) is 3.41. The van der Waals surface area contributed by atoms with E-state index in [-0.39, 0.29) is 22.8 Å². The van der Waals surface area contributed by atoms with Crippen molar-refractivity contribution in [3.63, 3.8) is 0 Å². The van der Waals surface area contributed by atoms with Gasteiger partial charge in [0.15, 0.2) is 11.6 Å². The van der Waals surface area contributed by atoms with Crippen LogP contribution in [0.4, 0.5) is 4.39 Å². The van der Waals surface area contributed by atoms with Crippen LogP contribution in [0.5, 0.6) is 0 Å². The first-order chi connectivity index (χ1) is 16.3. The van der Waals surface area contributed by atoms with Gasteiger partial charge < -0.3 is 9.32 Å². The lowest BCUT2D eigenvalue weighted by Gasteiger charge is -2.44. The lowest BCUT2D eigenvalue weighted by molar-refractivity contribution is -0.118. The maximum absolute atomic E-state index is 13.8. The van der Waals surface area contributed by atoms with Gasteiger partial charge in [-0.05, 0) is 41.7 Å². The fraction of sp³-hybridized carbons (Fsp3) is 0.241. The third-order valence-corrected chi connectivity index (χ3v) is 7.09. The minimum Gasteiger partial charge on any atom is -0.467 e. The topological polar surface area (TPSA) is 50.5 Å². The molecule has 5 heteroatoms. The molecule has 0 saturated carbocycles. The second kappa shape index (κ2) is 7.39. The van der Waals surface area contributed by atoms with Gasteiger partial charge in [0.2, 0.25) is 0 Å². The summed E-state index contributed by atoms with van der Waals surface area (Å²) in [6.07, 6.45) is 2.73. The molecule has 0 amide bonds. The molecule has 2 aromatic carbocycles. The van der Waals surface area contributed by atoms with E-state index in [0.29, 0.717) is 36.1 Å². The number of hydrogen-bond acceptors (Lipinski definition) is 4. The second-order valence-corrected chi connectivity index (χ2v) is 10.1. The van der Waals surface area contributed by atoms with E-state index in [4.69, 9.17) is 4.42 Å². The molecule has 0 saturated heterocycles. The highest BCUT2D eigenvalue weighted by atomic mass is 19.1. The number of furan rings is 1. The van der Waals surface area contributed by atoms with Crippen molar-refractivity contribution in [1.29, 1.82) is 0 Å². The van der Waals surface area contributed by atoms with Crippen molar-refractivity contribution >= 4 is 17.3 Å². The number of Topliss-reactive ketones (excluding diaryl/α,β-unsaturated/α-hetero) is 2. The van der Waals surface area contributed by atoms with Crippen LogP contribution < -0.4 is 0 Å². The Bertz CT molecular complexity index is 1390. The smallest absolute Gasteiger partial charge is 0.192 e.